The van der Waals surface area contributed by atoms with Crippen molar-refractivity contribution < 1.29 is 14.3 Å². The van der Waals surface area contributed by atoms with Gasteiger partial charge in [-0.2, -0.15) is 0 Å². The van der Waals surface area contributed by atoms with Gasteiger partial charge in [-0.3, -0.25) is 4.79 Å². The topological polar surface area (TPSA) is 49.3 Å². The lowest BCUT2D eigenvalue weighted by atomic mass is 9.96. The summed E-state index contributed by atoms with van der Waals surface area (Å²) in [4.78, 5) is 12.0. The number of aliphatic hydroxyl groups is 1. The number of nitrogens with one attached hydrogen (secondary N) is 1. The molecule has 2 rings (SSSR count). The predicted molar refractivity (Wildman–Crippen MR) is 78.8 cm³/mol. The van der Waals surface area contributed by atoms with Crippen molar-refractivity contribution in [1.82, 2.24) is 5.32 Å². The summed E-state index contributed by atoms with van der Waals surface area (Å²) in [6.07, 6.45) is 2.85. The van der Waals surface area contributed by atoms with Gasteiger partial charge in [-0.25, -0.2) is 4.39 Å². The van der Waals surface area contributed by atoms with Gasteiger partial charge in [-0.1, -0.05) is 15.9 Å². The van der Waals surface area contributed by atoms with Crippen molar-refractivity contribution in [2.45, 2.75) is 38.1 Å². The molecule has 1 aliphatic rings. The number of benzene rings is 1. The third-order valence-electron chi connectivity index (χ3n) is 3.86. The Morgan fingerprint density at radius 2 is 2.25 bits per heavy atom. The van der Waals surface area contributed by atoms with E-state index >= 15 is 0 Å². The second-order valence-electron chi connectivity index (χ2n) is 5.63. The van der Waals surface area contributed by atoms with Gasteiger partial charge in [0.2, 0.25) is 5.91 Å². The highest BCUT2D eigenvalue weighted by Crippen LogP contribution is 2.39. The summed E-state index contributed by atoms with van der Waals surface area (Å²) in [6.45, 7) is 1.83. The number of hydrogen-bond acceptors (Lipinski definition) is 2. The van der Waals surface area contributed by atoms with Crippen LogP contribution in [0.4, 0.5) is 4.39 Å². The van der Waals surface area contributed by atoms with Crippen LogP contribution in [-0.4, -0.2) is 23.2 Å². The Morgan fingerprint density at radius 3 is 2.85 bits per heavy atom. The van der Waals surface area contributed by atoms with Crippen molar-refractivity contribution in [1.29, 1.82) is 0 Å². The number of carbonyl (C=O) groups excluding carboxylic acids is 1. The summed E-state index contributed by atoms with van der Waals surface area (Å²) >= 11 is 3.35. The van der Waals surface area contributed by atoms with E-state index < -0.39 is 5.54 Å². The predicted octanol–water partition coefficient (Wildman–Crippen LogP) is 2.80. The average Bonchev–Trinajstić information content (AvgIpc) is 3.24. The Morgan fingerprint density at radius 1 is 1.55 bits per heavy atom. The van der Waals surface area contributed by atoms with Crippen LogP contribution in [-0.2, 0) is 11.2 Å². The molecule has 20 heavy (non-hydrogen) atoms. The standard InChI is InChI=1S/C15H19BrFNO2/c1-15(9-19,11-3-4-11)18-14(20)7-2-10-8-12(17)5-6-13(10)16/h5-6,8,11,19H,2-4,7,9H2,1H3,(H,18,20)/t15-/m0/s1. The Labute approximate surface area is 126 Å². The Kier molecular flexibility index (Phi) is 4.81. The Balaban J connectivity index is 1.90. The van der Waals surface area contributed by atoms with Crippen LogP contribution in [0, 0.1) is 11.7 Å². The molecule has 0 unspecified atom stereocenters. The molecule has 0 radical (unpaired) electrons. The summed E-state index contributed by atoms with van der Waals surface area (Å²) in [7, 11) is 0. The molecule has 1 aromatic rings. The molecule has 0 saturated heterocycles. The minimum absolute atomic E-state index is 0.0485. The fourth-order valence-corrected chi connectivity index (χ4v) is 2.80. The van der Waals surface area contributed by atoms with Crippen LogP contribution in [0.2, 0.25) is 0 Å². The van der Waals surface area contributed by atoms with Crippen LogP contribution in [0.1, 0.15) is 31.7 Å². The van der Waals surface area contributed by atoms with Crippen molar-refractivity contribution in [2.75, 3.05) is 6.61 Å². The van der Waals surface area contributed by atoms with Gasteiger partial charge in [0.05, 0.1) is 12.1 Å². The van der Waals surface area contributed by atoms with E-state index in [4.69, 9.17) is 0 Å². The summed E-state index contributed by atoms with van der Waals surface area (Å²) in [5.74, 6) is -0.0382. The third kappa shape index (κ3) is 3.79. The largest absolute Gasteiger partial charge is 0.394 e. The average molecular weight is 344 g/mol. The molecule has 0 spiro atoms. The van der Waals surface area contributed by atoms with Gasteiger partial charge in [0, 0.05) is 10.9 Å². The van der Waals surface area contributed by atoms with Gasteiger partial charge < -0.3 is 10.4 Å². The molecule has 1 fully saturated rings. The fourth-order valence-electron chi connectivity index (χ4n) is 2.36. The summed E-state index contributed by atoms with van der Waals surface area (Å²) in [5.41, 5.74) is 0.258. The molecular formula is C15H19BrFNO2. The molecular weight excluding hydrogens is 325 g/mol. The van der Waals surface area contributed by atoms with Crippen molar-refractivity contribution in [3.05, 3.63) is 34.1 Å². The summed E-state index contributed by atoms with van der Waals surface area (Å²) in [6, 6.07) is 4.46. The van der Waals surface area contributed by atoms with E-state index in [1.807, 2.05) is 6.92 Å². The first-order valence-corrected chi connectivity index (χ1v) is 7.60. The van der Waals surface area contributed by atoms with Crippen LogP contribution < -0.4 is 5.32 Å². The molecule has 1 aromatic carbocycles. The molecule has 1 amide bonds. The first-order valence-electron chi connectivity index (χ1n) is 6.80. The Hall–Kier alpha value is -0.940. The fraction of sp³-hybridized carbons (Fsp3) is 0.533. The molecule has 3 nitrogen and oxygen atoms in total. The van der Waals surface area contributed by atoms with Crippen molar-refractivity contribution in [2.24, 2.45) is 5.92 Å². The maximum Gasteiger partial charge on any atom is 0.220 e. The van der Waals surface area contributed by atoms with Gasteiger partial charge in [0.15, 0.2) is 0 Å². The second-order valence-corrected chi connectivity index (χ2v) is 6.49. The number of aryl methyl sites for hydroxylation is 1. The molecule has 0 bridgehead atoms. The van der Waals surface area contributed by atoms with Gasteiger partial charge in [0.25, 0.3) is 0 Å². The van der Waals surface area contributed by atoms with Gasteiger partial charge >= 0.3 is 0 Å². The zero-order valence-electron chi connectivity index (χ0n) is 11.5. The zero-order valence-corrected chi connectivity index (χ0v) is 13.0. The second kappa shape index (κ2) is 6.22. The number of amides is 1. The van der Waals surface area contributed by atoms with Crippen LogP contribution >= 0.6 is 15.9 Å². The zero-order chi connectivity index (χ0) is 14.8. The first-order chi connectivity index (χ1) is 9.44. The summed E-state index contributed by atoms with van der Waals surface area (Å²) < 4.78 is 14.0. The monoisotopic (exact) mass is 343 g/mol. The van der Waals surface area contributed by atoms with Crippen molar-refractivity contribution in [3.63, 3.8) is 0 Å². The lowest BCUT2D eigenvalue weighted by molar-refractivity contribution is -0.123. The highest BCUT2D eigenvalue weighted by molar-refractivity contribution is 9.10. The molecule has 0 aromatic heterocycles. The number of hydrogen-bond donors (Lipinski definition) is 2. The number of rotatable bonds is 6. The van der Waals surface area contributed by atoms with E-state index in [1.54, 1.807) is 6.07 Å². The molecule has 1 saturated carbocycles. The van der Waals surface area contributed by atoms with E-state index in [9.17, 15) is 14.3 Å². The van der Waals surface area contributed by atoms with Gasteiger partial charge in [0.1, 0.15) is 5.82 Å². The smallest absolute Gasteiger partial charge is 0.220 e. The van der Waals surface area contributed by atoms with E-state index in [2.05, 4.69) is 21.2 Å². The van der Waals surface area contributed by atoms with E-state index in [-0.39, 0.29) is 24.8 Å². The molecule has 2 N–H and O–H groups in total. The minimum Gasteiger partial charge on any atom is -0.394 e. The molecule has 1 aliphatic carbocycles. The van der Waals surface area contributed by atoms with Crippen LogP contribution in [0.5, 0.6) is 0 Å². The maximum atomic E-state index is 13.2. The highest BCUT2D eigenvalue weighted by Gasteiger charge is 2.41. The minimum atomic E-state index is -0.518. The van der Waals surface area contributed by atoms with Crippen LogP contribution in [0.25, 0.3) is 0 Å². The van der Waals surface area contributed by atoms with Crippen LogP contribution in [0.15, 0.2) is 22.7 Å². The lowest BCUT2D eigenvalue weighted by Crippen LogP contribution is -2.50. The molecule has 0 heterocycles. The number of aliphatic hydroxyl groups excluding tert-OH is 1. The Bertz CT molecular complexity index is 505. The molecule has 5 heteroatoms. The van der Waals surface area contributed by atoms with E-state index in [0.29, 0.717) is 12.3 Å². The maximum absolute atomic E-state index is 13.2. The molecule has 0 aliphatic heterocycles. The third-order valence-corrected chi connectivity index (χ3v) is 4.63. The van der Waals surface area contributed by atoms with E-state index in [0.717, 1.165) is 22.9 Å². The SMILES string of the molecule is C[C@@](CO)(NC(=O)CCc1cc(F)ccc1Br)C1CC1. The first kappa shape index (κ1) is 15.4. The molecule has 1 atom stereocenters. The van der Waals surface area contributed by atoms with E-state index in [1.165, 1.54) is 12.1 Å². The van der Waals surface area contributed by atoms with Crippen molar-refractivity contribution >= 4 is 21.8 Å². The van der Waals surface area contributed by atoms with Crippen LogP contribution in [0.3, 0.4) is 0 Å². The highest BCUT2D eigenvalue weighted by atomic mass is 79.9. The van der Waals surface area contributed by atoms with Gasteiger partial charge in [-0.15, -0.1) is 0 Å². The quantitative estimate of drug-likeness (QED) is 0.834. The number of halogens is 2. The lowest BCUT2D eigenvalue weighted by Gasteiger charge is -2.28. The normalized spacial score (nSPS) is 17.6. The summed E-state index contributed by atoms with van der Waals surface area (Å²) in [5, 5.41) is 12.3. The van der Waals surface area contributed by atoms with Crippen molar-refractivity contribution in [3.8, 4) is 0 Å². The molecule has 110 valence electrons. The van der Waals surface area contributed by atoms with Gasteiger partial charge in [-0.05, 0) is 55.9 Å². The number of carbonyl (C=O) groups is 1.